The molecule has 0 saturated heterocycles. The van der Waals surface area contributed by atoms with Gasteiger partial charge in [0.15, 0.2) is 0 Å². The third-order valence-corrected chi connectivity index (χ3v) is 2.03. The van der Waals surface area contributed by atoms with E-state index < -0.39 is 0 Å². The van der Waals surface area contributed by atoms with Crippen molar-refractivity contribution in [3.8, 4) is 5.75 Å². The Morgan fingerprint density at radius 3 is 2.38 bits per heavy atom. The van der Waals surface area contributed by atoms with Crippen LogP contribution in [-0.2, 0) is 5.41 Å². The van der Waals surface area contributed by atoms with Gasteiger partial charge >= 0.3 is 0 Å². The number of nitrogens with one attached hydrogen (secondary N) is 1. The van der Waals surface area contributed by atoms with Crippen LogP contribution in [0.4, 0.5) is 0 Å². The molecule has 2 nitrogen and oxygen atoms in total. The van der Waals surface area contributed by atoms with Crippen LogP contribution in [0.15, 0.2) is 18.2 Å². The zero-order valence-electron chi connectivity index (χ0n) is 8.26. The molecule has 70 valence electrons. The average molecular weight is 177 g/mol. The van der Waals surface area contributed by atoms with Crippen molar-refractivity contribution < 1.29 is 5.11 Å². The van der Waals surface area contributed by atoms with Crippen LogP contribution in [0.1, 0.15) is 31.9 Å². The lowest BCUT2D eigenvalue weighted by molar-refractivity contribution is 0.446. The minimum atomic E-state index is -0.0803. The fourth-order valence-electron chi connectivity index (χ4n) is 1.28. The number of hydrogen-bond donors (Lipinski definition) is 2. The molecule has 0 radical (unpaired) electrons. The van der Waals surface area contributed by atoms with Crippen molar-refractivity contribution >= 4 is 6.21 Å². The third-order valence-electron chi connectivity index (χ3n) is 2.03. The maximum Gasteiger partial charge on any atom is 0.128 e. The molecular weight excluding hydrogens is 162 g/mol. The molecule has 0 heterocycles. The summed E-state index contributed by atoms with van der Waals surface area (Å²) in [6, 6.07) is 5.49. The molecule has 0 aromatic heterocycles. The van der Waals surface area contributed by atoms with Crippen LogP contribution >= 0.6 is 0 Å². The zero-order valence-corrected chi connectivity index (χ0v) is 8.26. The molecule has 0 saturated carbocycles. The van der Waals surface area contributed by atoms with Gasteiger partial charge in [-0.15, -0.1) is 0 Å². The van der Waals surface area contributed by atoms with Crippen molar-refractivity contribution in [3.05, 3.63) is 29.3 Å². The number of benzene rings is 1. The van der Waals surface area contributed by atoms with Gasteiger partial charge in [0.1, 0.15) is 5.75 Å². The number of hydrogen-bond acceptors (Lipinski definition) is 2. The molecule has 1 aromatic carbocycles. The van der Waals surface area contributed by atoms with Crippen LogP contribution in [0.5, 0.6) is 5.75 Å². The predicted molar refractivity (Wildman–Crippen MR) is 54.7 cm³/mol. The van der Waals surface area contributed by atoms with Crippen LogP contribution in [0, 0.1) is 5.41 Å². The van der Waals surface area contributed by atoms with E-state index in [-0.39, 0.29) is 11.2 Å². The molecule has 0 unspecified atom stereocenters. The van der Waals surface area contributed by atoms with Crippen LogP contribution in [-0.4, -0.2) is 11.3 Å². The van der Waals surface area contributed by atoms with E-state index in [2.05, 4.69) is 0 Å². The number of phenols is 1. The molecule has 1 rings (SSSR count). The molecular formula is C11H15NO. The largest absolute Gasteiger partial charge is 0.507 e. The summed E-state index contributed by atoms with van der Waals surface area (Å²) in [5.41, 5.74) is 1.38. The summed E-state index contributed by atoms with van der Waals surface area (Å²) in [7, 11) is 0. The first kappa shape index (κ1) is 9.78. The standard InChI is InChI=1S/C11H15NO/c1-11(2,3)9-6-4-5-8(7-12)10(9)13/h4-7,12-13H,1-3H3. The molecule has 2 N–H and O–H groups in total. The minimum Gasteiger partial charge on any atom is -0.507 e. The first-order valence-electron chi connectivity index (χ1n) is 4.29. The van der Waals surface area contributed by atoms with Gasteiger partial charge in [-0.2, -0.15) is 0 Å². The van der Waals surface area contributed by atoms with Crippen LogP contribution in [0.25, 0.3) is 0 Å². The van der Waals surface area contributed by atoms with Crippen molar-refractivity contribution in [2.45, 2.75) is 26.2 Å². The van der Waals surface area contributed by atoms with E-state index in [4.69, 9.17) is 5.41 Å². The highest BCUT2D eigenvalue weighted by atomic mass is 16.3. The van der Waals surface area contributed by atoms with Crippen LogP contribution in [0.3, 0.4) is 0 Å². The third kappa shape index (κ3) is 1.89. The molecule has 0 bridgehead atoms. The van der Waals surface area contributed by atoms with Crippen molar-refractivity contribution in [3.63, 3.8) is 0 Å². The number of rotatable bonds is 1. The summed E-state index contributed by atoms with van der Waals surface area (Å²) in [6.45, 7) is 6.11. The highest BCUT2D eigenvalue weighted by Crippen LogP contribution is 2.31. The Morgan fingerprint density at radius 2 is 1.92 bits per heavy atom. The Balaban J connectivity index is 3.32. The summed E-state index contributed by atoms with van der Waals surface area (Å²) < 4.78 is 0. The molecule has 0 spiro atoms. The van der Waals surface area contributed by atoms with Crippen molar-refractivity contribution in [1.29, 1.82) is 5.41 Å². The number of phenolic OH excluding ortho intramolecular Hbond substituents is 1. The molecule has 2 heteroatoms. The van der Waals surface area contributed by atoms with Crippen molar-refractivity contribution in [1.82, 2.24) is 0 Å². The Bertz CT molecular complexity index is 323. The summed E-state index contributed by atoms with van der Waals surface area (Å²) >= 11 is 0. The molecule has 0 aliphatic rings. The van der Waals surface area contributed by atoms with Gasteiger partial charge in [-0.1, -0.05) is 32.9 Å². The van der Waals surface area contributed by atoms with E-state index in [9.17, 15) is 5.11 Å². The predicted octanol–water partition coefficient (Wildman–Crippen LogP) is 2.69. The van der Waals surface area contributed by atoms with E-state index >= 15 is 0 Å². The Hall–Kier alpha value is -1.31. The van der Waals surface area contributed by atoms with Gasteiger partial charge < -0.3 is 10.5 Å². The molecule has 0 aliphatic carbocycles. The Morgan fingerprint density at radius 1 is 1.31 bits per heavy atom. The first-order chi connectivity index (χ1) is 5.96. The SMILES string of the molecule is CC(C)(C)c1cccc(C=N)c1O. The summed E-state index contributed by atoms with van der Waals surface area (Å²) in [5, 5.41) is 16.9. The lowest BCUT2D eigenvalue weighted by Crippen LogP contribution is -2.11. The first-order valence-corrected chi connectivity index (χ1v) is 4.29. The molecule has 0 aliphatic heterocycles. The maximum atomic E-state index is 9.77. The van der Waals surface area contributed by atoms with Gasteiger partial charge in [-0.25, -0.2) is 0 Å². The average Bonchev–Trinajstić information content (AvgIpc) is 2.02. The van der Waals surface area contributed by atoms with Crippen LogP contribution in [0.2, 0.25) is 0 Å². The van der Waals surface area contributed by atoms with E-state index in [1.807, 2.05) is 32.9 Å². The summed E-state index contributed by atoms with van der Waals surface area (Å²) in [6.07, 6.45) is 1.17. The van der Waals surface area contributed by atoms with Gasteiger partial charge in [0.2, 0.25) is 0 Å². The number of para-hydroxylation sites is 1. The van der Waals surface area contributed by atoms with E-state index in [0.717, 1.165) is 5.56 Å². The Labute approximate surface area is 78.7 Å². The monoisotopic (exact) mass is 177 g/mol. The fourth-order valence-corrected chi connectivity index (χ4v) is 1.28. The topological polar surface area (TPSA) is 44.1 Å². The van der Waals surface area contributed by atoms with Gasteiger partial charge in [0.05, 0.1) is 0 Å². The van der Waals surface area contributed by atoms with Gasteiger partial charge in [0, 0.05) is 11.8 Å². The lowest BCUT2D eigenvalue weighted by Gasteiger charge is -2.20. The summed E-state index contributed by atoms with van der Waals surface area (Å²) in [4.78, 5) is 0. The highest BCUT2D eigenvalue weighted by molar-refractivity contribution is 5.81. The lowest BCUT2D eigenvalue weighted by atomic mass is 9.85. The second-order valence-electron chi connectivity index (χ2n) is 4.14. The number of aromatic hydroxyl groups is 1. The van der Waals surface area contributed by atoms with Gasteiger partial charge in [-0.05, 0) is 17.0 Å². The highest BCUT2D eigenvalue weighted by Gasteiger charge is 2.18. The van der Waals surface area contributed by atoms with Gasteiger partial charge in [0.25, 0.3) is 0 Å². The molecule has 13 heavy (non-hydrogen) atoms. The normalized spacial score (nSPS) is 11.3. The quantitative estimate of drug-likeness (QED) is 0.636. The second kappa shape index (κ2) is 3.21. The van der Waals surface area contributed by atoms with E-state index in [1.54, 1.807) is 6.07 Å². The Kier molecular flexibility index (Phi) is 2.41. The van der Waals surface area contributed by atoms with Crippen LogP contribution < -0.4 is 0 Å². The van der Waals surface area contributed by atoms with Crippen molar-refractivity contribution in [2.75, 3.05) is 0 Å². The van der Waals surface area contributed by atoms with Gasteiger partial charge in [-0.3, -0.25) is 0 Å². The molecule has 1 aromatic rings. The summed E-state index contributed by atoms with van der Waals surface area (Å²) in [5.74, 6) is 0.227. The van der Waals surface area contributed by atoms with Crippen molar-refractivity contribution in [2.24, 2.45) is 0 Å². The molecule has 0 atom stereocenters. The minimum absolute atomic E-state index is 0.0803. The molecule has 0 amide bonds. The second-order valence-corrected chi connectivity index (χ2v) is 4.14. The smallest absolute Gasteiger partial charge is 0.128 e. The van der Waals surface area contributed by atoms with E-state index in [0.29, 0.717) is 5.56 Å². The van der Waals surface area contributed by atoms with E-state index in [1.165, 1.54) is 6.21 Å². The fraction of sp³-hybridized carbons (Fsp3) is 0.364. The zero-order chi connectivity index (χ0) is 10.1. The molecule has 0 fully saturated rings. The maximum absolute atomic E-state index is 9.77.